The molecule has 0 fully saturated rings. The van der Waals surface area contributed by atoms with Crippen LogP contribution >= 0.6 is 0 Å². The first-order chi connectivity index (χ1) is 13.5. The van der Waals surface area contributed by atoms with Crippen molar-refractivity contribution in [2.45, 2.75) is 24.3 Å². The minimum Gasteiger partial charge on any atom is -0.497 e. The van der Waals surface area contributed by atoms with Crippen LogP contribution in [0.3, 0.4) is 0 Å². The fourth-order valence-corrected chi connectivity index (χ4v) is 3.74. The van der Waals surface area contributed by atoms with Gasteiger partial charge in [-0.1, -0.05) is 30.3 Å². The van der Waals surface area contributed by atoms with E-state index in [2.05, 4.69) is 0 Å². The van der Waals surface area contributed by atoms with Crippen LogP contribution in [0, 0.1) is 10.1 Å². The Kier molecular flexibility index (Phi) is 5.73. The van der Waals surface area contributed by atoms with Crippen molar-refractivity contribution < 1.29 is 19.2 Å². The molecule has 0 aromatic heterocycles. The second kappa shape index (κ2) is 8.21. The molecule has 0 bridgehead atoms. The molecule has 0 amide bonds. The highest BCUT2D eigenvalue weighted by molar-refractivity contribution is 6.05. The third kappa shape index (κ3) is 3.74. The first-order valence-electron chi connectivity index (χ1n) is 8.98. The fraction of sp³-hybridized carbons (Fsp3) is 0.333. The molecule has 1 aliphatic heterocycles. The van der Waals surface area contributed by atoms with Crippen LogP contribution in [0.2, 0.25) is 0 Å². The number of carbonyl (C=O) groups excluding carboxylic acids is 1. The molecule has 0 radical (unpaired) electrons. The Bertz CT molecular complexity index is 879. The van der Waals surface area contributed by atoms with Crippen LogP contribution in [0.4, 0.5) is 0 Å². The van der Waals surface area contributed by atoms with Crippen LogP contribution in [0.15, 0.2) is 59.6 Å². The van der Waals surface area contributed by atoms with Gasteiger partial charge in [0.25, 0.3) is 0 Å². The van der Waals surface area contributed by atoms with Crippen LogP contribution in [0.1, 0.15) is 29.9 Å². The van der Waals surface area contributed by atoms with E-state index in [1.807, 2.05) is 30.3 Å². The van der Waals surface area contributed by atoms with E-state index in [1.54, 1.807) is 31.4 Å². The van der Waals surface area contributed by atoms with Crippen molar-refractivity contribution in [2.75, 3.05) is 20.8 Å². The SMILES string of the molecule is COC(=O)[C@@]1([C@H](C[N+](=O)[O-])c2ccccc2)CCC(c2ccc(OC)cc2)=N1. The summed E-state index contributed by atoms with van der Waals surface area (Å²) in [5, 5.41) is 11.4. The average Bonchev–Trinajstić information content (AvgIpc) is 3.18. The third-order valence-corrected chi connectivity index (χ3v) is 5.15. The number of esters is 1. The molecule has 0 unspecified atom stereocenters. The van der Waals surface area contributed by atoms with Gasteiger partial charge in [0.1, 0.15) is 5.75 Å². The Labute approximate surface area is 163 Å². The Morgan fingerprint density at radius 3 is 2.43 bits per heavy atom. The lowest BCUT2D eigenvalue weighted by Crippen LogP contribution is -2.44. The van der Waals surface area contributed by atoms with Crippen molar-refractivity contribution in [3.05, 3.63) is 75.8 Å². The number of ether oxygens (including phenoxy) is 2. The number of nitrogens with zero attached hydrogens (tertiary/aromatic N) is 2. The van der Waals surface area contributed by atoms with E-state index in [1.165, 1.54) is 7.11 Å². The summed E-state index contributed by atoms with van der Waals surface area (Å²) in [7, 11) is 2.88. The van der Waals surface area contributed by atoms with E-state index >= 15 is 0 Å². The highest BCUT2D eigenvalue weighted by Crippen LogP contribution is 2.42. The average molecular weight is 382 g/mol. The molecule has 0 saturated heterocycles. The third-order valence-electron chi connectivity index (χ3n) is 5.15. The Balaban J connectivity index is 2.07. The quantitative estimate of drug-likeness (QED) is 0.416. The lowest BCUT2D eigenvalue weighted by molar-refractivity contribution is -0.484. The first-order valence-corrected chi connectivity index (χ1v) is 8.98. The summed E-state index contributed by atoms with van der Waals surface area (Å²) in [5.74, 6) is -0.546. The molecular formula is C21H22N2O5. The predicted molar refractivity (Wildman–Crippen MR) is 105 cm³/mol. The Morgan fingerprint density at radius 2 is 1.86 bits per heavy atom. The van der Waals surface area contributed by atoms with Crippen molar-refractivity contribution in [1.29, 1.82) is 0 Å². The van der Waals surface area contributed by atoms with Gasteiger partial charge in [0.15, 0.2) is 5.54 Å². The Morgan fingerprint density at radius 1 is 1.18 bits per heavy atom. The maximum absolute atomic E-state index is 12.8. The molecule has 7 heteroatoms. The number of rotatable bonds is 7. The zero-order valence-electron chi connectivity index (χ0n) is 15.8. The molecular weight excluding hydrogens is 360 g/mol. The molecule has 2 atom stereocenters. The van der Waals surface area contributed by atoms with E-state index < -0.39 is 28.9 Å². The lowest BCUT2D eigenvalue weighted by Gasteiger charge is -2.30. The van der Waals surface area contributed by atoms with Gasteiger partial charge in [0.2, 0.25) is 6.54 Å². The second-order valence-corrected chi connectivity index (χ2v) is 6.68. The number of hydrogen-bond donors (Lipinski definition) is 0. The summed E-state index contributed by atoms with van der Waals surface area (Å²) in [6.07, 6.45) is 0.886. The van der Waals surface area contributed by atoms with Gasteiger partial charge in [-0.3, -0.25) is 15.1 Å². The number of aliphatic imine (C=N–C) groups is 1. The topological polar surface area (TPSA) is 91.0 Å². The monoisotopic (exact) mass is 382 g/mol. The summed E-state index contributed by atoms with van der Waals surface area (Å²) < 4.78 is 10.2. The van der Waals surface area contributed by atoms with Gasteiger partial charge in [0, 0.05) is 10.6 Å². The van der Waals surface area contributed by atoms with Crippen molar-refractivity contribution in [3.8, 4) is 5.75 Å². The van der Waals surface area contributed by atoms with Gasteiger partial charge in [-0.15, -0.1) is 0 Å². The highest BCUT2D eigenvalue weighted by Gasteiger charge is 2.52. The minimum atomic E-state index is -1.32. The minimum absolute atomic E-state index is 0.356. The zero-order chi connectivity index (χ0) is 20.1. The molecule has 0 spiro atoms. The van der Waals surface area contributed by atoms with Crippen molar-refractivity contribution >= 4 is 11.7 Å². The van der Waals surface area contributed by atoms with E-state index in [0.29, 0.717) is 18.4 Å². The van der Waals surface area contributed by atoms with Crippen molar-refractivity contribution in [2.24, 2.45) is 4.99 Å². The molecule has 1 heterocycles. The van der Waals surface area contributed by atoms with E-state index in [9.17, 15) is 14.9 Å². The smallest absolute Gasteiger partial charge is 0.334 e. The summed E-state index contributed by atoms with van der Waals surface area (Å²) in [4.78, 5) is 28.6. The molecule has 0 saturated carbocycles. The predicted octanol–water partition coefficient (Wildman–Crippen LogP) is 3.25. The molecule has 1 aliphatic rings. The lowest BCUT2D eigenvalue weighted by atomic mass is 9.77. The van der Waals surface area contributed by atoms with Crippen molar-refractivity contribution in [3.63, 3.8) is 0 Å². The van der Waals surface area contributed by atoms with Gasteiger partial charge in [-0.2, -0.15) is 0 Å². The molecule has 2 aromatic rings. The number of carbonyl (C=O) groups is 1. The van der Waals surface area contributed by atoms with Gasteiger partial charge < -0.3 is 9.47 Å². The van der Waals surface area contributed by atoms with Gasteiger partial charge >= 0.3 is 5.97 Å². The molecule has 0 aliphatic carbocycles. The fourth-order valence-electron chi connectivity index (χ4n) is 3.74. The number of nitro groups is 1. The molecule has 3 rings (SSSR count). The standard InChI is InChI=1S/C21H22N2O5/c1-27-17-10-8-16(9-11-17)19-12-13-21(22-19,20(24)28-2)18(14-23(25)26)15-6-4-3-5-7-15/h3-11,18H,12-14H2,1-2H3/t18-,21+/m1/s1. The van der Waals surface area contributed by atoms with Crippen LogP contribution in [0.25, 0.3) is 0 Å². The normalized spacial score (nSPS) is 19.6. The number of hydrogen-bond acceptors (Lipinski definition) is 6. The molecule has 0 N–H and O–H groups in total. The number of benzene rings is 2. The maximum Gasteiger partial charge on any atom is 0.334 e. The van der Waals surface area contributed by atoms with Crippen LogP contribution in [-0.4, -0.2) is 42.9 Å². The molecule has 28 heavy (non-hydrogen) atoms. The maximum atomic E-state index is 12.8. The van der Waals surface area contributed by atoms with Crippen LogP contribution < -0.4 is 4.74 Å². The van der Waals surface area contributed by atoms with Crippen LogP contribution in [0.5, 0.6) is 5.75 Å². The summed E-state index contributed by atoms with van der Waals surface area (Å²) >= 11 is 0. The van der Waals surface area contributed by atoms with Gasteiger partial charge in [0.05, 0.1) is 20.1 Å². The summed E-state index contributed by atoms with van der Waals surface area (Å²) in [5.41, 5.74) is 0.972. The molecule has 146 valence electrons. The summed E-state index contributed by atoms with van der Waals surface area (Å²) in [6.45, 7) is -0.404. The molecule has 2 aromatic carbocycles. The van der Waals surface area contributed by atoms with Crippen molar-refractivity contribution in [1.82, 2.24) is 0 Å². The Hall–Kier alpha value is -3.22. The van der Waals surface area contributed by atoms with E-state index in [4.69, 9.17) is 14.5 Å². The van der Waals surface area contributed by atoms with E-state index in [-0.39, 0.29) is 0 Å². The zero-order valence-corrected chi connectivity index (χ0v) is 15.8. The summed E-state index contributed by atoms with van der Waals surface area (Å²) in [6, 6.07) is 16.4. The largest absolute Gasteiger partial charge is 0.497 e. The highest BCUT2D eigenvalue weighted by atomic mass is 16.6. The van der Waals surface area contributed by atoms with Crippen LogP contribution in [-0.2, 0) is 9.53 Å². The van der Waals surface area contributed by atoms with Gasteiger partial charge in [-0.25, -0.2) is 4.79 Å². The first kappa shape index (κ1) is 19.5. The van der Waals surface area contributed by atoms with E-state index in [0.717, 1.165) is 17.0 Å². The second-order valence-electron chi connectivity index (χ2n) is 6.68. The van der Waals surface area contributed by atoms with Gasteiger partial charge in [-0.05, 0) is 48.2 Å². The number of methoxy groups -OCH3 is 2. The molecule has 7 nitrogen and oxygen atoms in total.